The summed E-state index contributed by atoms with van der Waals surface area (Å²) in [7, 11) is 0.889. The number of benzene rings is 1. The Balaban J connectivity index is 0.000000261. The van der Waals surface area contributed by atoms with E-state index >= 15 is 0 Å². The summed E-state index contributed by atoms with van der Waals surface area (Å²) in [4.78, 5) is 9.63. The van der Waals surface area contributed by atoms with E-state index in [-0.39, 0.29) is 0 Å². The molecule has 4 heteroatoms. The van der Waals surface area contributed by atoms with Crippen LogP contribution >= 0.6 is 11.8 Å². The first kappa shape index (κ1) is 11.0. The van der Waals surface area contributed by atoms with Crippen LogP contribution in [0, 0.1) is 10.1 Å². The van der Waals surface area contributed by atoms with Crippen molar-refractivity contribution in [3.05, 3.63) is 40.4 Å². The van der Waals surface area contributed by atoms with Gasteiger partial charge in [-0.2, -0.15) is 0 Å². The minimum atomic E-state index is -0.500. The lowest BCUT2D eigenvalue weighted by atomic mass is 10.4. The van der Waals surface area contributed by atoms with Gasteiger partial charge in [-0.25, -0.2) is 0 Å². The van der Waals surface area contributed by atoms with Crippen LogP contribution in [0.1, 0.15) is 0 Å². The van der Waals surface area contributed by atoms with Crippen LogP contribution in [0.2, 0.25) is 0 Å². The second-order valence-electron chi connectivity index (χ2n) is 1.96. The number of nitrogens with zero attached hydrogens (tertiary/aromatic N) is 1. The number of nitro groups is 1. The first-order valence-corrected chi connectivity index (χ1v) is 4.56. The standard InChI is InChI=1S/C7H8S.CH3NO2/c1-8-7-5-3-2-4-6-7;1-2(3)4/h2-6H,1H3;1H3. The van der Waals surface area contributed by atoms with Gasteiger partial charge < -0.3 is 0 Å². The van der Waals surface area contributed by atoms with Crippen LogP contribution in [-0.4, -0.2) is 18.2 Å². The van der Waals surface area contributed by atoms with Gasteiger partial charge in [0.25, 0.3) is 0 Å². The fraction of sp³-hybridized carbons (Fsp3) is 0.250. The maximum Gasteiger partial charge on any atom is 0.194 e. The van der Waals surface area contributed by atoms with Gasteiger partial charge in [-0.05, 0) is 18.4 Å². The molecule has 0 unspecified atom stereocenters. The van der Waals surface area contributed by atoms with Crippen molar-refractivity contribution >= 4 is 11.8 Å². The van der Waals surface area contributed by atoms with Crippen molar-refractivity contribution in [2.24, 2.45) is 0 Å². The highest BCUT2D eigenvalue weighted by molar-refractivity contribution is 7.98. The minimum absolute atomic E-state index is 0.500. The molecule has 0 bridgehead atoms. The van der Waals surface area contributed by atoms with E-state index in [1.54, 1.807) is 11.8 Å². The van der Waals surface area contributed by atoms with Crippen LogP contribution in [0.3, 0.4) is 0 Å². The Morgan fingerprint density at radius 3 is 2.00 bits per heavy atom. The monoisotopic (exact) mass is 185 g/mol. The third-order valence-corrected chi connectivity index (χ3v) is 1.72. The maximum atomic E-state index is 8.81. The third kappa shape index (κ3) is 7.08. The van der Waals surface area contributed by atoms with Crippen LogP contribution in [0.4, 0.5) is 0 Å². The molecule has 0 atom stereocenters. The molecule has 0 aliphatic carbocycles. The zero-order valence-electron chi connectivity index (χ0n) is 7.06. The molecule has 0 aliphatic heterocycles. The first-order chi connectivity index (χ1) is 5.66. The van der Waals surface area contributed by atoms with E-state index in [9.17, 15) is 0 Å². The average molecular weight is 185 g/mol. The van der Waals surface area contributed by atoms with Gasteiger partial charge in [-0.15, -0.1) is 11.8 Å². The molecule has 0 fully saturated rings. The highest BCUT2D eigenvalue weighted by Gasteiger charge is 1.80. The van der Waals surface area contributed by atoms with Crippen LogP contribution in [0.25, 0.3) is 0 Å². The van der Waals surface area contributed by atoms with Crippen molar-refractivity contribution in [2.45, 2.75) is 4.90 Å². The number of hydrogen-bond acceptors (Lipinski definition) is 3. The van der Waals surface area contributed by atoms with E-state index in [1.807, 2.05) is 18.2 Å². The van der Waals surface area contributed by atoms with Crippen molar-refractivity contribution in [1.29, 1.82) is 0 Å². The summed E-state index contributed by atoms with van der Waals surface area (Å²) in [5.41, 5.74) is 0. The zero-order chi connectivity index (χ0) is 9.40. The Hall–Kier alpha value is -1.03. The number of rotatable bonds is 1. The van der Waals surface area contributed by atoms with E-state index in [1.165, 1.54) is 4.90 Å². The molecule has 0 amide bonds. The molecular formula is C8H11NO2S. The van der Waals surface area contributed by atoms with Gasteiger partial charge in [0.15, 0.2) is 7.05 Å². The summed E-state index contributed by atoms with van der Waals surface area (Å²) >= 11 is 1.77. The molecule has 1 aromatic carbocycles. The molecule has 0 spiro atoms. The summed E-state index contributed by atoms with van der Waals surface area (Å²) in [5.74, 6) is 0. The van der Waals surface area contributed by atoms with Crippen LogP contribution in [-0.2, 0) is 0 Å². The maximum absolute atomic E-state index is 8.81. The molecule has 0 aliphatic rings. The molecule has 12 heavy (non-hydrogen) atoms. The van der Waals surface area contributed by atoms with Gasteiger partial charge in [0.1, 0.15) is 0 Å². The fourth-order valence-corrected chi connectivity index (χ4v) is 0.986. The predicted octanol–water partition coefficient (Wildman–Crippen LogP) is 2.30. The van der Waals surface area contributed by atoms with Gasteiger partial charge in [0.05, 0.1) is 0 Å². The largest absolute Gasteiger partial charge is 0.265 e. The Morgan fingerprint density at radius 1 is 1.33 bits per heavy atom. The quantitative estimate of drug-likeness (QED) is 0.383. The van der Waals surface area contributed by atoms with Crippen LogP contribution in [0.15, 0.2) is 35.2 Å². The van der Waals surface area contributed by atoms with Gasteiger partial charge in [0.2, 0.25) is 0 Å². The molecule has 0 radical (unpaired) electrons. The highest BCUT2D eigenvalue weighted by atomic mass is 32.2. The second-order valence-corrected chi connectivity index (χ2v) is 2.84. The fourth-order valence-electron chi connectivity index (χ4n) is 0.557. The minimum Gasteiger partial charge on any atom is -0.265 e. The SMILES string of the molecule is CSc1ccccc1.C[N+](=O)[O-]. The third-order valence-electron chi connectivity index (χ3n) is 0.979. The van der Waals surface area contributed by atoms with Crippen molar-refractivity contribution in [2.75, 3.05) is 13.3 Å². The zero-order valence-corrected chi connectivity index (χ0v) is 7.88. The summed E-state index contributed by atoms with van der Waals surface area (Å²) in [5, 5.41) is 8.81. The molecule has 0 heterocycles. The van der Waals surface area contributed by atoms with Crippen LogP contribution in [0.5, 0.6) is 0 Å². The van der Waals surface area contributed by atoms with Gasteiger partial charge in [-0.3, -0.25) is 10.1 Å². The van der Waals surface area contributed by atoms with Crippen molar-refractivity contribution in [1.82, 2.24) is 0 Å². The summed E-state index contributed by atoms with van der Waals surface area (Å²) in [6, 6.07) is 10.3. The summed E-state index contributed by atoms with van der Waals surface area (Å²) in [6.45, 7) is 0. The lowest BCUT2D eigenvalue weighted by Crippen LogP contribution is -1.79. The Morgan fingerprint density at radius 2 is 1.75 bits per heavy atom. The lowest BCUT2D eigenvalue weighted by Gasteiger charge is -1.89. The van der Waals surface area contributed by atoms with E-state index in [4.69, 9.17) is 10.1 Å². The molecule has 66 valence electrons. The van der Waals surface area contributed by atoms with E-state index in [2.05, 4.69) is 18.4 Å². The molecule has 0 saturated heterocycles. The van der Waals surface area contributed by atoms with Gasteiger partial charge in [-0.1, -0.05) is 18.2 Å². The van der Waals surface area contributed by atoms with E-state index < -0.39 is 4.92 Å². The van der Waals surface area contributed by atoms with E-state index in [0.29, 0.717) is 0 Å². The van der Waals surface area contributed by atoms with Crippen LogP contribution < -0.4 is 0 Å². The van der Waals surface area contributed by atoms with Gasteiger partial charge >= 0.3 is 0 Å². The van der Waals surface area contributed by atoms with Gasteiger partial charge in [0, 0.05) is 9.82 Å². The van der Waals surface area contributed by atoms with Crippen molar-refractivity contribution in [3.63, 3.8) is 0 Å². The molecule has 1 aromatic rings. The summed E-state index contributed by atoms with van der Waals surface area (Å²) in [6.07, 6.45) is 2.08. The Bertz CT molecular complexity index is 222. The Kier molecular flexibility index (Phi) is 6.09. The normalized spacial score (nSPS) is 8.17. The van der Waals surface area contributed by atoms with Crippen molar-refractivity contribution in [3.8, 4) is 0 Å². The molecule has 3 nitrogen and oxygen atoms in total. The molecule has 0 N–H and O–H groups in total. The smallest absolute Gasteiger partial charge is 0.194 e. The Labute approximate surface area is 75.9 Å². The topological polar surface area (TPSA) is 43.1 Å². The predicted molar refractivity (Wildman–Crippen MR) is 51.1 cm³/mol. The molecule has 0 aromatic heterocycles. The molecular weight excluding hydrogens is 174 g/mol. The molecule has 0 saturated carbocycles. The summed E-state index contributed by atoms with van der Waals surface area (Å²) < 4.78 is 0. The highest BCUT2D eigenvalue weighted by Crippen LogP contribution is 2.11. The first-order valence-electron chi connectivity index (χ1n) is 3.34. The average Bonchev–Trinajstić information content (AvgIpc) is 2.05. The second kappa shape index (κ2) is 6.67. The number of hydrogen-bond donors (Lipinski definition) is 0. The number of thioether (sulfide) groups is 1. The lowest BCUT2D eigenvalue weighted by molar-refractivity contribution is -0.445. The van der Waals surface area contributed by atoms with Crippen molar-refractivity contribution < 1.29 is 4.92 Å². The van der Waals surface area contributed by atoms with E-state index in [0.717, 1.165) is 7.05 Å². The molecule has 1 rings (SSSR count).